The molecule has 2 fully saturated rings. The molecule has 7 heteroatoms. The van der Waals surface area contributed by atoms with Gasteiger partial charge < -0.3 is 9.64 Å². The number of hydrogen-bond acceptors (Lipinski definition) is 4. The molecule has 26 heavy (non-hydrogen) atoms. The lowest BCUT2D eigenvalue weighted by Gasteiger charge is -2.30. The molecule has 1 aromatic carbocycles. The van der Waals surface area contributed by atoms with Crippen molar-refractivity contribution in [1.29, 1.82) is 0 Å². The lowest BCUT2D eigenvalue weighted by atomic mass is 10.1. The number of hydrogen-bond donors (Lipinski definition) is 0. The first-order valence-corrected chi connectivity index (χ1v) is 10.9. The minimum atomic E-state index is -3.63. The molecule has 0 atom stereocenters. The summed E-state index contributed by atoms with van der Waals surface area (Å²) in [5.41, 5.74) is 0.452. The van der Waals surface area contributed by atoms with Crippen LogP contribution in [0.1, 0.15) is 48.9 Å². The van der Waals surface area contributed by atoms with Gasteiger partial charge in [-0.05, 0) is 43.9 Å². The fourth-order valence-corrected chi connectivity index (χ4v) is 5.12. The van der Waals surface area contributed by atoms with E-state index in [2.05, 4.69) is 0 Å². The third-order valence-corrected chi connectivity index (χ3v) is 7.26. The van der Waals surface area contributed by atoms with Crippen LogP contribution in [0.15, 0.2) is 29.2 Å². The van der Waals surface area contributed by atoms with Crippen LogP contribution in [0, 0.1) is 0 Å². The van der Waals surface area contributed by atoms with E-state index >= 15 is 0 Å². The molecule has 0 radical (unpaired) electrons. The molecule has 2 aliphatic heterocycles. The summed E-state index contributed by atoms with van der Waals surface area (Å²) in [7, 11) is -2.01. The van der Waals surface area contributed by atoms with Crippen LogP contribution in [-0.2, 0) is 14.8 Å². The van der Waals surface area contributed by atoms with Gasteiger partial charge in [0.2, 0.25) is 10.0 Å². The number of ether oxygens (including phenoxy) is 1. The van der Waals surface area contributed by atoms with Gasteiger partial charge in [-0.15, -0.1) is 0 Å². The fraction of sp³-hybridized carbons (Fsp3) is 0.632. The monoisotopic (exact) mass is 380 g/mol. The van der Waals surface area contributed by atoms with E-state index in [1.165, 1.54) is 10.4 Å². The Hall–Kier alpha value is -1.44. The molecule has 0 spiro atoms. The average Bonchev–Trinajstić information content (AvgIpc) is 2.97. The van der Waals surface area contributed by atoms with Gasteiger partial charge in [0.25, 0.3) is 5.91 Å². The largest absolute Gasteiger partial charge is 0.381 e. The maximum Gasteiger partial charge on any atom is 0.253 e. The topological polar surface area (TPSA) is 66.9 Å². The van der Waals surface area contributed by atoms with Gasteiger partial charge in [-0.2, -0.15) is 4.31 Å². The maximum absolute atomic E-state index is 13.0. The number of amides is 1. The van der Waals surface area contributed by atoms with Gasteiger partial charge in [0.1, 0.15) is 0 Å². The van der Waals surface area contributed by atoms with Crippen molar-refractivity contribution in [3.05, 3.63) is 29.8 Å². The van der Waals surface area contributed by atoms with Crippen LogP contribution >= 0.6 is 0 Å². The molecule has 6 nitrogen and oxygen atoms in total. The zero-order valence-electron chi connectivity index (χ0n) is 15.4. The highest BCUT2D eigenvalue weighted by atomic mass is 32.2. The summed E-state index contributed by atoms with van der Waals surface area (Å²) in [4.78, 5) is 14.8. The summed E-state index contributed by atoms with van der Waals surface area (Å²) in [6.07, 6.45) is 5.71. The third kappa shape index (κ3) is 4.27. The average molecular weight is 381 g/mol. The second-order valence-electron chi connectivity index (χ2n) is 7.10. The summed E-state index contributed by atoms with van der Waals surface area (Å²) in [5.74, 6) is -0.0716. The number of sulfonamides is 1. The van der Waals surface area contributed by atoms with Gasteiger partial charge in [-0.3, -0.25) is 4.79 Å². The van der Waals surface area contributed by atoms with Gasteiger partial charge in [0, 0.05) is 45.0 Å². The summed E-state index contributed by atoms with van der Waals surface area (Å²) in [6, 6.07) is 6.41. The molecule has 0 unspecified atom stereocenters. The second-order valence-corrected chi connectivity index (χ2v) is 9.10. The molecule has 1 aromatic rings. The van der Waals surface area contributed by atoms with Crippen LogP contribution < -0.4 is 0 Å². The van der Waals surface area contributed by atoms with Crippen molar-refractivity contribution in [2.75, 3.05) is 33.4 Å². The van der Waals surface area contributed by atoms with Crippen molar-refractivity contribution >= 4 is 15.9 Å². The Kier molecular flexibility index (Phi) is 6.32. The van der Waals surface area contributed by atoms with E-state index in [-0.39, 0.29) is 16.8 Å². The number of likely N-dealkylation sites (tertiary alicyclic amines) is 1. The lowest BCUT2D eigenvalue weighted by molar-refractivity contribution is 0.0632. The van der Waals surface area contributed by atoms with Crippen LogP contribution in [0.5, 0.6) is 0 Å². The number of carbonyl (C=O) groups is 1. The molecule has 3 rings (SSSR count). The van der Waals surface area contributed by atoms with E-state index in [4.69, 9.17) is 4.74 Å². The molecular weight excluding hydrogens is 352 g/mol. The lowest BCUT2D eigenvalue weighted by Crippen LogP contribution is -2.40. The van der Waals surface area contributed by atoms with E-state index < -0.39 is 10.0 Å². The maximum atomic E-state index is 13.0. The van der Waals surface area contributed by atoms with Gasteiger partial charge >= 0.3 is 0 Å². The fourth-order valence-electron chi connectivity index (χ4n) is 3.66. The highest BCUT2D eigenvalue weighted by molar-refractivity contribution is 7.89. The molecule has 2 aliphatic rings. The highest BCUT2D eigenvalue weighted by Crippen LogP contribution is 2.23. The molecule has 2 heterocycles. The highest BCUT2D eigenvalue weighted by Gasteiger charge is 2.30. The molecule has 144 valence electrons. The zero-order chi connectivity index (χ0) is 18.6. The zero-order valence-corrected chi connectivity index (χ0v) is 16.2. The Morgan fingerprint density at radius 3 is 2.42 bits per heavy atom. The summed E-state index contributed by atoms with van der Waals surface area (Å²) < 4.78 is 32.8. The molecule has 0 bridgehead atoms. The van der Waals surface area contributed by atoms with E-state index in [9.17, 15) is 13.2 Å². The Morgan fingerprint density at radius 1 is 1.12 bits per heavy atom. The Balaban J connectivity index is 1.80. The van der Waals surface area contributed by atoms with Crippen LogP contribution in [0.4, 0.5) is 0 Å². The molecule has 1 amide bonds. The van der Waals surface area contributed by atoms with Crippen molar-refractivity contribution in [2.45, 2.75) is 49.5 Å². The van der Waals surface area contributed by atoms with Crippen molar-refractivity contribution in [1.82, 2.24) is 9.21 Å². The minimum Gasteiger partial charge on any atom is -0.381 e. The second kappa shape index (κ2) is 8.50. The SMILES string of the molecule is CN(C1CCOCC1)S(=O)(=O)c1cccc(C(=O)N2CCCCCC2)c1. The quantitative estimate of drug-likeness (QED) is 0.805. The molecule has 2 saturated heterocycles. The standard InChI is InChI=1S/C19H28N2O4S/c1-20(17-9-13-25-14-10-17)26(23,24)18-8-6-7-16(15-18)19(22)21-11-4-2-3-5-12-21/h6-8,15,17H,2-5,9-14H2,1H3. The molecule has 0 aliphatic carbocycles. The van der Waals surface area contributed by atoms with Crippen molar-refractivity contribution in [3.8, 4) is 0 Å². The predicted octanol–water partition coefficient (Wildman–Crippen LogP) is 2.50. The normalized spacial score (nSPS) is 20.2. The van der Waals surface area contributed by atoms with E-state index in [1.54, 1.807) is 25.2 Å². The summed E-state index contributed by atoms with van der Waals surface area (Å²) in [5, 5.41) is 0. The minimum absolute atomic E-state index is 0.0567. The van der Waals surface area contributed by atoms with E-state index in [0.717, 1.165) is 38.8 Å². The number of nitrogens with zero attached hydrogens (tertiary/aromatic N) is 2. The molecular formula is C19H28N2O4S. The van der Waals surface area contributed by atoms with Crippen LogP contribution in [0.2, 0.25) is 0 Å². The number of benzene rings is 1. The molecule has 0 aromatic heterocycles. The smallest absolute Gasteiger partial charge is 0.253 e. The van der Waals surface area contributed by atoms with Gasteiger partial charge in [-0.25, -0.2) is 8.42 Å². The Labute approximate surface area is 156 Å². The van der Waals surface area contributed by atoms with E-state index in [1.807, 2.05) is 4.90 Å². The molecule has 0 saturated carbocycles. The van der Waals surface area contributed by atoms with Crippen molar-refractivity contribution < 1.29 is 17.9 Å². The van der Waals surface area contributed by atoms with Crippen LogP contribution in [-0.4, -0.2) is 62.9 Å². The number of carbonyl (C=O) groups excluding carboxylic acids is 1. The first-order valence-electron chi connectivity index (χ1n) is 9.45. The Bertz CT molecular complexity index is 721. The van der Waals surface area contributed by atoms with E-state index in [0.29, 0.717) is 31.6 Å². The first kappa shape index (κ1) is 19.3. The van der Waals surface area contributed by atoms with Crippen LogP contribution in [0.3, 0.4) is 0 Å². The summed E-state index contributed by atoms with van der Waals surface area (Å²) >= 11 is 0. The van der Waals surface area contributed by atoms with Gasteiger partial charge in [0.15, 0.2) is 0 Å². The van der Waals surface area contributed by atoms with Crippen molar-refractivity contribution in [2.24, 2.45) is 0 Å². The molecule has 0 N–H and O–H groups in total. The number of rotatable bonds is 4. The van der Waals surface area contributed by atoms with Gasteiger partial charge in [0.05, 0.1) is 4.90 Å². The summed E-state index contributed by atoms with van der Waals surface area (Å²) in [6.45, 7) is 2.66. The first-order chi connectivity index (χ1) is 12.5. The van der Waals surface area contributed by atoms with Gasteiger partial charge in [-0.1, -0.05) is 18.9 Å². The van der Waals surface area contributed by atoms with Crippen LogP contribution in [0.25, 0.3) is 0 Å². The third-order valence-electron chi connectivity index (χ3n) is 5.36. The Morgan fingerprint density at radius 2 is 1.77 bits per heavy atom. The van der Waals surface area contributed by atoms with Crippen molar-refractivity contribution in [3.63, 3.8) is 0 Å². The predicted molar refractivity (Wildman–Crippen MR) is 99.6 cm³/mol.